The van der Waals surface area contributed by atoms with Crippen LogP contribution >= 0.6 is 0 Å². The molecule has 1 amide bonds. The Kier molecular flexibility index (Phi) is 8.31. The van der Waals surface area contributed by atoms with Gasteiger partial charge in [-0.05, 0) is 12.8 Å². The lowest BCUT2D eigenvalue weighted by Gasteiger charge is -2.50. The molecule has 1 aliphatic carbocycles. The van der Waals surface area contributed by atoms with Gasteiger partial charge in [-0.1, -0.05) is 72.1 Å². The van der Waals surface area contributed by atoms with E-state index in [0.717, 1.165) is 12.8 Å². The Balaban J connectivity index is 1.93. The van der Waals surface area contributed by atoms with Crippen molar-refractivity contribution in [3.63, 3.8) is 0 Å². The number of rotatable bonds is 11. The van der Waals surface area contributed by atoms with Crippen LogP contribution < -0.4 is 11.1 Å². The van der Waals surface area contributed by atoms with Crippen LogP contribution in [-0.4, -0.2) is 18.0 Å². The van der Waals surface area contributed by atoms with E-state index < -0.39 is 0 Å². The minimum atomic E-state index is 0.0636. The van der Waals surface area contributed by atoms with Gasteiger partial charge in [-0.25, -0.2) is 0 Å². The van der Waals surface area contributed by atoms with E-state index in [-0.39, 0.29) is 23.4 Å². The third-order valence-electron chi connectivity index (χ3n) is 5.19. The van der Waals surface area contributed by atoms with Crippen LogP contribution in [0.1, 0.15) is 91.4 Å². The summed E-state index contributed by atoms with van der Waals surface area (Å²) in [5.74, 6) is 0.211. The van der Waals surface area contributed by atoms with Crippen LogP contribution in [-0.2, 0) is 4.79 Å². The number of amides is 1. The van der Waals surface area contributed by atoms with Gasteiger partial charge in [-0.2, -0.15) is 0 Å². The standard InChI is InChI=1S/C18H36N2O/c1-4-5-6-7-8-9-10-11-12-13-17(21)20-16-14-15(19)18(16,2)3/h15-16H,4-14,19H2,1-3H3,(H,20,21). The first-order chi connectivity index (χ1) is 9.98. The van der Waals surface area contributed by atoms with Gasteiger partial charge in [0.05, 0.1) is 0 Å². The van der Waals surface area contributed by atoms with Crippen LogP contribution in [0, 0.1) is 5.41 Å². The van der Waals surface area contributed by atoms with Crippen molar-refractivity contribution >= 4 is 5.91 Å². The average Bonchev–Trinajstić information content (AvgIpc) is 2.45. The van der Waals surface area contributed by atoms with Gasteiger partial charge in [0, 0.05) is 23.9 Å². The number of unbranched alkanes of at least 4 members (excludes halogenated alkanes) is 8. The van der Waals surface area contributed by atoms with Crippen molar-refractivity contribution < 1.29 is 4.79 Å². The molecular formula is C18H36N2O. The summed E-state index contributed by atoms with van der Waals surface area (Å²) in [4.78, 5) is 11.9. The Labute approximate surface area is 131 Å². The predicted molar refractivity (Wildman–Crippen MR) is 90.1 cm³/mol. The maximum Gasteiger partial charge on any atom is 0.220 e. The van der Waals surface area contributed by atoms with E-state index in [9.17, 15) is 4.79 Å². The maximum atomic E-state index is 11.9. The molecule has 2 atom stereocenters. The van der Waals surface area contributed by atoms with Gasteiger partial charge in [0.2, 0.25) is 5.91 Å². The fraction of sp³-hybridized carbons (Fsp3) is 0.944. The summed E-state index contributed by atoms with van der Waals surface area (Å²) in [5.41, 5.74) is 6.03. The second kappa shape index (κ2) is 9.45. The minimum absolute atomic E-state index is 0.0636. The van der Waals surface area contributed by atoms with Crippen molar-refractivity contribution in [3.05, 3.63) is 0 Å². The first kappa shape index (κ1) is 18.5. The molecule has 1 aliphatic rings. The molecule has 1 rings (SSSR count). The van der Waals surface area contributed by atoms with Crippen LogP contribution in [0.15, 0.2) is 0 Å². The Morgan fingerprint density at radius 3 is 2.05 bits per heavy atom. The predicted octanol–water partition coefficient (Wildman–Crippen LogP) is 4.15. The van der Waals surface area contributed by atoms with Crippen LogP contribution in [0.2, 0.25) is 0 Å². The molecule has 0 bridgehead atoms. The number of nitrogens with one attached hydrogen (secondary N) is 1. The molecule has 21 heavy (non-hydrogen) atoms. The normalized spacial score (nSPS) is 23.6. The van der Waals surface area contributed by atoms with Gasteiger partial charge in [-0.15, -0.1) is 0 Å². The summed E-state index contributed by atoms with van der Waals surface area (Å²) in [6.45, 7) is 6.54. The van der Waals surface area contributed by atoms with Crippen LogP contribution in [0.3, 0.4) is 0 Å². The van der Waals surface area contributed by atoms with Crippen molar-refractivity contribution in [1.29, 1.82) is 0 Å². The highest BCUT2D eigenvalue weighted by molar-refractivity contribution is 5.76. The van der Waals surface area contributed by atoms with E-state index in [1.807, 2.05) is 0 Å². The molecule has 0 saturated heterocycles. The molecule has 3 heteroatoms. The fourth-order valence-corrected chi connectivity index (χ4v) is 3.07. The molecule has 0 aromatic rings. The summed E-state index contributed by atoms with van der Waals surface area (Å²) in [6, 6.07) is 0.508. The summed E-state index contributed by atoms with van der Waals surface area (Å²) < 4.78 is 0. The largest absolute Gasteiger partial charge is 0.353 e. The average molecular weight is 296 g/mol. The molecular weight excluding hydrogens is 260 g/mol. The molecule has 3 N–H and O–H groups in total. The lowest BCUT2D eigenvalue weighted by molar-refractivity contribution is -0.124. The summed E-state index contributed by atoms with van der Waals surface area (Å²) >= 11 is 0. The smallest absolute Gasteiger partial charge is 0.220 e. The Hall–Kier alpha value is -0.570. The van der Waals surface area contributed by atoms with E-state index >= 15 is 0 Å². The molecule has 0 heterocycles. The number of carbonyl (C=O) groups is 1. The topological polar surface area (TPSA) is 55.1 Å². The Morgan fingerprint density at radius 2 is 1.57 bits per heavy atom. The van der Waals surface area contributed by atoms with Crippen molar-refractivity contribution in [2.24, 2.45) is 11.1 Å². The third kappa shape index (κ3) is 6.37. The summed E-state index contributed by atoms with van der Waals surface area (Å²) in [5, 5.41) is 3.14. The molecule has 3 nitrogen and oxygen atoms in total. The minimum Gasteiger partial charge on any atom is -0.353 e. The maximum absolute atomic E-state index is 11.9. The lowest BCUT2D eigenvalue weighted by atomic mass is 9.63. The highest BCUT2D eigenvalue weighted by atomic mass is 16.1. The van der Waals surface area contributed by atoms with E-state index in [2.05, 4.69) is 26.1 Å². The second-order valence-electron chi connectivity index (χ2n) is 7.36. The number of carbonyl (C=O) groups excluding carboxylic acids is 1. The van der Waals surface area contributed by atoms with E-state index in [1.54, 1.807) is 0 Å². The number of nitrogens with two attached hydrogens (primary N) is 1. The van der Waals surface area contributed by atoms with E-state index in [0.29, 0.717) is 6.42 Å². The highest BCUT2D eigenvalue weighted by Gasteiger charge is 2.46. The highest BCUT2D eigenvalue weighted by Crippen LogP contribution is 2.39. The van der Waals surface area contributed by atoms with Gasteiger partial charge >= 0.3 is 0 Å². The van der Waals surface area contributed by atoms with Crippen molar-refractivity contribution in [2.45, 2.75) is 103 Å². The molecule has 0 aromatic carbocycles. The van der Waals surface area contributed by atoms with Crippen molar-refractivity contribution in [2.75, 3.05) is 0 Å². The first-order valence-corrected chi connectivity index (χ1v) is 9.03. The van der Waals surface area contributed by atoms with Crippen molar-refractivity contribution in [3.8, 4) is 0 Å². The fourth-order valence-electron chi connectivity index (χ4n) is 3.07. The molecule has 124 valence electrons. The van der Waals surface area contributed by atoms with E-state index in [1.165, 1.54) is 51.4 Å². The monoisotopic (exact) mass is 296 g/mol. The zero-order valence-corrected chi connectivity index (χ0v) is 14.4. The molecule has 1 fully saturated rings. The molecule has 0 spiro atoms. The zero-order chi connectivity index (χ0) is 15.7. The second-order valence-corrected chi connectivity index (χ2v) is 7.36. The molecule has 0 aliphatic heterocycles. The van der Waals surface area contributed by atoms with Gasteiger partial charge in [0.15, 0.2) is 0 Å². The first-order valence-electron chi connectivity index (χ1n) is 9.03. The van der Waals surface area contributed by atoms with Gasteiger partial charge in [0.1, 0.15) is 0 Å². The van der Waals surface area contributed by atoms with Crippen LogP contribution in [0.4, 0.5) is 0 Å². The molecule has 2 unspecified atom stereocenters. The van der Waals surface area contributed by atoms with Gasteiger partial charge < -0.3 is 11.1 Å². The quantitative estimate of drug-likeness (QED) is 0.563. The number of hydrogen-bond acceptors (Lipinski definition) is 2. The molecule has 0 aromatic heterocycles. The van der Waals surface area contributed by atoms with Crippen molar-refractivity contribution in [1.82, 2.24) is 5.32 Å². The third-order valence-corrected chi connectivity index (χ3v) is 5.19. The Morgan fingerprint density at radius 1 is 1.05 bits per heavy atom. The van der Waals surface area contributed by atoms with Crippen LogP contribution in [0.25, 0.3) is 0 Å². The van der Waals surface area contributed by atoms with Crippen LogP contribution in [0.5, 0.6) is 0 Å². The van der Waals surface area contributed by atoms with E-state index in [4.69, 9.17) is 5.73 Å². The summed E-state index contributed by atoms with van der Waals surface area (Å²) in [6.07, 6.45) is 13.3. The zero-order valence-electron chi connectivity index (χ0n) is 14.4. The Bertz CT molecular complexity index is 302. The summed E-state index contributed by atoms with van der Waals surface area (Å²) in [7, 11) is 0. The van der Waals surface area contributed by atoms with Gasteiger partial charge in [0.25, 0.3) is 0 Å². The SMILES string of the molecule is CCCCCCCCCCCC(=O)NC1CC(N)C1(C)C. The number of hydrogen-bond donors (Lipinski definition) is 2. The molecule has 0 radical (unpaired) electrons. The van der Waals surface area contributed by atoms with Gasteiger partial charge in [-0.3, -0.25) is 4.79 Å². The lowest BCUT2D eigenvalue weighted by Crippen LogP contribution is -2.64. The molecule has 1 saturated carbocycles.